The van der Waals surface area contributed by atoms with Crippen LogP contribution in [0, 0.1) is 6.92 Å². The SMILES string of the molecule is CCOC(=O)c1c(NC(=O)COc2cccc(CC)c2)sc(C)c1-c1cccs1. The van der Waals surface area contributed by atoms with Crippen LogP contribution in [0.5, 0.6) is 5.75 Å². The molecule has 29 heavy (non-hydrogen) atoms. The van der Waals surface area contributed by atoms with E-state index in [9.17, 15) is 9.59 Å². The third kappa shape index (κ3) is 5.05. The molecule has 3 rings (SSSR count). The van der Waals surface area contributed by atoms with Crippen LogP contribution in [0.25, 0.3) is 10.4 Å². The third-order valence-electron chi connectivity index (χ3n) is 4.26. The Labute approximate surface area is 178 Å². The van der Waals surface area contributed by atoms with Crippen LogP contribution in [-0.4, -0.2) is 25.1 Å². The fraction of sp³-hybridized carbons (Fsp3) is 0.273. The lowest BCUT2D eigenvalue weighted by molar-refractivity contribution is -0.118. The number of benzene rings is 1. The van der Waals surface area contributed by atoms with Gasteiger partial charge in [-0.25, -0.2) is 4.79 Å². The molecule has 7 heteroatoms. The number of anilines is 1. The molecule has 152 valence electrons. The third-order valence-corrected chi connectivity index (χ3v) is 6.17. The van der Waals surface area contributed by atoms with Gasteiger partial charge in [0.05, 0.1) is 6.61 Å². The van der Waals surface area contributed by atoms with Crippen molar-refractivity contribution in [3.05, 3.63) is 57.8 Å². The Hall–Kier alpha value is -2.64. The Morgan fingerprint density at radius 2 is 1.97 bits per heavy atom. The van der Waals surface area contributed by atoms with Crippen LogP contribution in [0.2, 0.25) is 0 Å². The molecule has 0 bridgehead atoms. The minimum absolute atomic E-state index is 0.138. The summed E-state index contributed by atoms with van der Waals surface area (Å²) in [7, 11) is 0. The highest BCUT2D eigenvalue weighted by Crippen LogP contribution is 2.42. The average Bonchev–Trinajstić information content (AvgIpc) is 3.34. The van der Waals surface area contributed by atoms with Gasteiger partial charge in [0.15, 0.2) is 6.61 Å². The first-order valence-electron chi connectivity index (χ1n) is 9.39. The van der Waals surface area contributed by atoms with E-state index in [1.165, 1.54) is 11.3 Å². The van der Waals surface area contributed by atoms with Crippen LogP contribution in [0.1, 0.15) is 34.6 Å². The zero-order chi connectivity index (χ0) is 20.8. The van der Waals surface area contributed by atoms with Crippen LogP contribution in [0.3, 0.4) is 0 Å². The van der Waals surface area contributed by atoms with Crippen molar-refractivity contribution in [3.8, 4) is 16.2 Å². The van der Waals surface area contributed by atoms with Crippen molar-refractivity contribution in [3.63, 3.8) is 0 Å². The predicted molar refractivity (Wildman–Crippen MR) is 118 cm³/mol. The summed E-state index contributed by atoms with van der Waals surface area (Å²) in [4.78, 5) is 27.0. The number of nitrogens with one attached hydrogen (secondary N) is 1. The molecule has 0 aliphatic heterocycles. The van der Waals surface area contributed by atoms with Crippen LogP contribution in [0.4, 0.5) is 5.00 Å². The molecule has 5 nitrogen and oxygen atoms in total. The minimum Gasteiger partial charge on any atom is -0.484 e. The van der Waals surface area contributed by atoms with Gasteiger partial charge in [0, 0.05) is 15.3 Å². The number of rotatable bonds is 8. The summed E-state index contributed by atoms with van der Waals surface area (Å²) in [5.41, 5.74) is 2.36. The van der Waals surface area contributed by atoms with Gasteiger partial charge in [-0.1, -0.05) is 25.1 Å². The van der Waals surface area contributed by atoms with Gasteiger partial charge >= 0.3 is 5.97 Å². The highest BCUT2D eigenvalue weighted by atomic mass is 32.1. The molecule has 0 radical (unpaired) electrons. The summed E-state index contributed by atoms with van der Waals surface area (Å²) in [6.45, 7) is 5.89. The first-order valence-corrected chi connectivity index (χ1v) is 11.1. The van der Waals surface area contributed by atoms with Crippen molar-refractivity contribution in [2.75, 3.05) is 18.5 Å². The Balaban J connectivity index is 1.79. The molecule has 0 aliphatic carbocycles. The van der Waals surface area contributed by atoms with E-state index in [1.54, 1.807) is 18.3 Å². The molecule has 0 saturated carbocycles. The molecule has 1 aromatic carbocycles. The summed E-state index contributed by atoms with van der Waals surface area (Å²) in [6, 6.07) is 11.5. The van der Waals surface area contributed by atoms with E-state index < -0.39 is 5.97 Å². The van der Waals surface area contributed by atoms with Crippen LogP contribution >= 0.6 is 22.7 Å². The standard InChI is InChI=1S/C22H23NO4S2/c1-4-15-8-6-9-16(12-15)27-13-18(24)23-21-20(22(25)26-5-2)19(14(3)29-21)17-10-7-11-28-17/h6-12H,4-5,13H2,1-3H3,(H,23,24). The van der Waals surface area contributed by atoms with Gasteiger partial charge in [-0.2, -0.15) is 0 Å². The summed E-state index contributed by atoms with van der Waals surface area (Å²) in [5.74, 6) is -0.115. The zero-order valence-electron chi connectivity index (χ0n) is 16.6. The minimum atomic E-state index is -0.438. The van der Waals surface area contributed by atoms with Crippen LogP contribution in [-0.2, 0) is 16.0 Å². The highest BCUT2D eigenvalue weighted by Gasteiger charge is 2.26. The van der Waals surface area contributed by atoms with Crippen molar-refractivity contribution >= 4 is 39.6 Å². The van der Waals surface area contributed by atoms with E-state index in [1.807, 2.05) is 48.7 Å². The first-order chi connectivity index (χ1) is 14.0. The Kier molecular flexibility index (Phi) is 7.06. The largest absolute Gasteiger partial charge is 0.484 e. The Bertz CT molecular complexity index is 992. The van der Waals surface area contributed by atoms with Crippen molar-refractivity contribution < 1.29 is 19.1 Å². The predicted octanol–water partition coefficient (Wildman–Crippen LogP) is 5.54. The van der Waals surface area contributed by atoms with E-state index >= 15 is 0 Å². The van der Waals surface area contributed by atoms with Gasteiger partial charge in [-0.05, 0) is 49.4 Å². The first kappa shape index (κ1) is 21.1. The van der Waals surface area contributed by atoms with E-state index in [2.05, 4.69) is 12.2 Å². The maximum absolute atomic E-state index is 12.6. The fourth-order valence-electron chi connectivity index (χ4n) is 2.92. The molecule has 0 saturated heterocycles. The maximum Gasteiger partial charge on any atom is 0.341 e. The van der Waals surface area contributed by atoms with Crippen molar-refractivity contribution in [2.45, 2.75) is 27.2 Å². The number of esters is 1. The molecule has 0 spiro atoms. The summed E-state index contributed by atoms with van der Waals surface area (Å²) >= 11 is 2.91. The number of carbonyl (C=O) groups excluding carboxylic acids is 2. The van der Waals surface area contributed by atoms with Gasteiger partial charge in [-0.15, -0.1) is 22.7 Å². The maximum atomic E-state index is 12.6. The van der Waals surface area contributed by atoms with Crippen molar-refractivity contribution in [1.82, 2.24) is 0 Å². The summed E-state index contributed by atoms with van der Waals surface area (Å²) in [6.07, 6.45) is 0.895. The number of thiophene rings is 2. The molecule has 1 N–H and O–H groups in total. The fourth-order valence-corrected chi connectivity index (χ4v) is 4.89. The number of hydrogen-bond donors (Lipinski definition) is 1. The van der Waals surface area contributed by atoms with E-state index in [0.29, 0.717) is 16.3 Å². The molecule has 3 aromatic rings. The lowest BCUT2D eigenvalue weighted by Crippen LogP contribution is -2.21. The quantitative estimate of drug-likeness (QED) is 0.477. The number of hydrogen-bond acceptors (Lipinski definition) is 6. The molecule has 2 aromatic heterocycles. The monoisotopic (exact) mass is 429 g/mol. The summed E-state index contributed by atoms with van der Waals surface area (Å²) < 4.78 is 10.9. The average molecular weight is 430 g/mol. The zero-order valence-corrected chi connectivity index (χ0v) is 18.2. The van der Waals surface area contributed by atoms with Gasteiger partial charge in [0.1, 0.15) is 16.3 Å². The van der Waals surface area contributed by atoms with Gasteiger partial charge in [0.25, 0.3) is 5.91 Å². The van der Waals surface area contributed by atoms with Crippen LogP contribution < -0.4 is 10.1 Å². The number of carbonyl (C=O) groups is 2. The molecular weight excluding hydrogens is 406 g/mol. The molecule has 0 unspecified atom stereocenters. The van der Waals surface area contributed by atoms with E-state index in [-0.39, 0.29) is 19.1 Å². The lowest BCUT2D eigenvalue weighted by Gasteiger charge is -2.10. The smallest absolute Gasteiger partial charge is 0.341 e. The second-order valence-corrected chi connectivity index (χ2v) is 8.45. The molecule has 0 aliphatic rings. The van der Waals surface area contributed by atoms with E-state index in [0.717, 1.165) is 27.3 Å². The highest BCUT2D eigenvalue weighted by molar-refractivity contribution is 7.18. The topological polar surface area (TPSA) is 64.6 Å². The Morgan fingerprint density at radius 1 is 1.14 bits per heavy atom. The van der Waals surface area contributed by atoms with Gasteiger partial charge < -0.3 is 14.8 Å². The van der Waals surface area contributed by atoms with Crippen molar-refractivity contribution in [2.24, 2.45) is 0 Å². The van der Waals surface area contributed by atoms with E-state index in [4.69, 9.17) is 9.47 Å². The molecular formula is C22H23NO4S2. The Morgan fingerprint density at radius 3 is 2.66 bits per heavy atom. The van der Waals surface area contributed by atoms with Crippen LogP contribution in [0.15, 0.2) is 41.8 Å². The lowest BCUT2D eigenvalue weighted by atomic mass is 10.1. The second kappa shape index (κ2) is 9.71. The molecule has 1 amide bonds. The molecule has 0 atom stereocenters. The number of ether oxygens (including phenoxy) is 2. The van der Waals surface area contributed by atoms with Gasteiger partial charge in [0.2, 0.25) is 0 Å². The summed E-state index contributed by atoms with van der Waals surface area (Å²) in [5, 5.41) is 5.27. The second-order valence-electron chi connectivity index (χ2n) is 6.27. The number of amides is 1. The van der Waals surface area contributed by atoms with Gasteiger partial charge in [-0.3, -0.25) is 4.79 Å². The van der Waals surface area contributed by atoms with Crippen molar-refractivity contribution in [1.29, 1.82) is 0 Å². The normalized spacial score (nSPS) is 10.6. The molecule has 0 fully saturated rings. The molecule has 2 heterocycles. The number of aryl methyl sites for hydroxylation is 2.